The standard InChI is InChI=1S/C7H12O.C2H4/c1-3-4-7(2)5-6-8;1-2/h3-4,8H,2,5-6H2,1H3;1-2H2/b4-3-;. The molecule has 0 aliphatic carbocycles. The van der Waals surface area contributed by atoms with Gasteiger partial charge in [0, 0.05) is 6.61 Å². The molecule has 0 rings (SSSR count). The molecule has 0 heterocycles. The highest BCUT2D eigenvalue weighted by Crippen LogP contribution is 1.96. The van der Waals surface area contributed by atoms with E-state index in [2.05, 4.69) is 19.7 Å². The highest BCUT2D eigenvalue weighted by molar-refractivity contribution is 5.12. The van der Waals surface area contributed by atoms with Crippen molar-refractivity contribution in [2.24, 2.45) is 0 Å². The normalized spacial score (nSPS) is 8.60. The van der Waals surface area contributed by atoms with Crippen LogP contribution in [0.1, 0.15) is 13.3 Å². The maximum Gasteiger partial charge on any atom is 0.0471 e. The third-order valence-electron chi connectivity index (χ3n) is 0.835. The summed E-state index contributed by atoms with van der Waals surface area (Å²) in [7, 11) is 0. The molecule has 0 spiro atoms. The molecule has 0 bridgehead atoms. The number of allylic oxidation sites excluding steroid dienone is 2. The van der Waals surface area contributed by atoms with Gasteiger partial charge in [-0.1, -0.05) is 24.3 Å². The molecule has 0 unspecified atom stereocenters. The van der Waals surface area contributed by atoms with Crippen LogP contribution in [0.25, 0.3) is 0 Å². The third-order valence-corrected chi connectivity index (χ3v) is 0.835. The van der Waals surface area contributed by atoms with Crippen LogP contribution in [-0.2, 0) is 0 Å². The fourth-order valence-corrected chi connectivity index (χ4v) is 0.463. The molecule has 0 radical (unpaired) electrons. The zero-order valence-electron chi connectivity index (χ0n) is 6.64. The molecule has 1 heteroatoms. The van der Waals surface area contributed by atoms with E-state index in [-0.39, 0.29) is 6.61 Å². The molecular weight excluding hydrogens is 124 g/mol. The summed E-state index contributed by atoms with van der Waals surface area (Å²) in [4.78, 5) is 0. The predicted octanol–water partition coefficient (Wildman–Crippen LogP) is 2.30. The van der Waals surface area contributed by atoms with Gasteiger partial charge in [-0.2, -0.15) is 0 Å². The fourth-order valence-electron chi connectivity index (χ4n) is 0.463. The van der Waals surface area contributed by atoms with Crippen LogP contribution in [-0.4, -0.2) is 11.7 Å². The topological polar surface area (TPSA) is 20.2 Å². The Bertz CT molecular complexity index is 103. The van der Waals surface area contributed by atoms with Gasteiger partial charge in [-0.25, -0.2) is 0 Å². The van der Waals surface area contributed by atoms with Crippen LogP contribution in [0.2, 0.25) is 0 Å². The van der Waals surface area contributed by atoms with Crippen molar-refractivity contribution in [3.8, 4) is 0 Å². The number of hydrogen-bond acceptors (Lipinski definition) is 1. The van der Waals surface area contributed by atoms with E-state index in [1.165, 1.54) is 0 Å². The van der Waals surface area contributed by atoms with Gasteiger partial charge >= 0.3 is 0 Å². The number of aliphatic hydroxyl groups is 1. The predicted molar refractivity (Wildman–Crippen MR) is 46.9 cm³/mol. The number of hydrogen-bond donors (Lipinski definition) is 1. The summed E-state index contributed by atoms with van der Waals surface area (Å²) >= 11 is 0. The van der Waals surface area contributed by atoms with Crippen LogP contribution in [0.5, 0.6) is 0 Å². The second-order valence-electron chi connectivity index (χ2n) is 1.63. The summed E-state index contributed by atoms with van der Waals surface area (Å²) in [6.07, 6.45) is 4.50. The molecule has 0 fully saturated rings. The summed E-state index contributed by atoms with van der Waals surface area (Å²) in [6, 6.07) is 0. The van der Waals surface area contributed by atoms with Gasteiger partial charge in [0.15, 0.2) is 0 Å². The minimum absolute atomic E-state index is 0.198. The average molecular weight is 140 g/mol. The minimum Gasteiger partial charge on any atom is -0.396 e. The molecule has 0 saturated carbocycles. The van der Waals surface area contributed by atoms with Gasteiger partial charge in [0.25, 0.3) is 0 Å². The Labute approximate surface area is 63.4 Å². The second kappa shape index (κ2) is 11.0. The van der Waals surface area contributed by atoms with Gasteiger partial charge in [-0.15, -0.1) is 13.2 Å². The van der Waals surface area contributed by atoms with Crippen molar-refractivity contribution in [1.29, 1.82) is 0 Å². The van der Waals surface area contributed by atoms with Crippen LogP contribution in [0, 0.1) is 0 Å². The molecule has 0 amide bonds. The van der Waals surface area contributed by atoms with Crippen molar-refractivity contribution in [2.75, 3.05) is 6.61 Å². The van der Waals surface area contributed by atoms with Crippen molar-refractivity contribution in [3.63, 3.8) is 0 Å². The molecular formula is C9H16O. The smallest absolute Gasteiger partial charge is 0.0471 e. The van der Waals surface area contributed by atoms with E-state index in [1.54, 1.807) is 0 Å². The van der Waals surface area contributed by atoms with Gasteiger partial charge < -0.3 is 5.11 Å². The van der Waals surface area contributed by atoms with Crippen molar-refractivity contribution in [3.05, 3.63) is 37.5 Å². The van der Waals surface area contributed by atoms with E-state index in [0.29, 0.717) is 6.42 Å². The van der Waals surface area contributed by atoms with E-state index in [9.17, 15) is 0 Å². The molecule has 0 aromatic carbocycles. The van der Waals surface area contributed by atoms with Gasteiger partial charge in [0.2, 0.25) is 0 Å². The average Bonchev–Trinajstić information content (AvgIpc) is 1.93. The molecule has 0 aromatic heterocycles. The zero-order valence-corrected chi connectivity index (χ0v) is 6.64. The first kappa shape index (κ1) is 11.9. The van der Waals surface area contributed by atoms with Crippen molar-refractivity contribution < 1.29 is 5.11 Å². The lowest BCUT2D eigenvalue weighted by molar-refractivity contribution is 0.300. The van der Waals surface area contributed by atoms with Crippen molar-refractivity contribution in [2.45, 2.75) is 13.3 Å². The molecule has 0 aromatic rings. The molecule has 0 saturated heterocycles. The lowest BCUT2D eigenvalue weighted by Gasteiger charge is -1.91. The first-order chi connectivity index (χ1) is 4.81. The number of rotatable bonds is 3. The molecule has 1 N–H and O–H groups in total. The summed E-state index contributed by atoms with van der Waals surface area (Å²) in [5.74, 6) is 0. The maximum absolute atomic E-state index is 8.37. The Kier molecular flexibility index (Phi) is 13.2. The van der Waals surface area contributed by atoms with Crippen LogP contribution >= 0.6 is 0 Å². The Balaban J connectivity index is 0. The Morgan fingerprint density at radius 3 is 2.30 bits per heavy atom. The SMILES string of the molecule is C=C.C=C(/C=C\C)CCO. The van der Waals surface area contributed by atoms with E-state index in [1.807, 2.05) is 19.1 Å². The van der Waals surface area contributed by atoms with E-state index in [4.69, 9.17) is 5.11 Å². The first-order valence-electron chi connectivity index (χ1n) is 3.22. The molecule has 0 atom stereocenters. The van der Waals surface area contributed by atoms with Gasteiger partial charge in [0.05, 0.1) is 0 Å². The lowest BCUT2D eigenvalue weighted by Crippen LogP contribution is -1.81. The van der Waals surface area contributed by atoms with E-state index >= 15 is 0 Å². The van der Waals surface area contributed by atoms with Gasteiger partial charge in [-0.3, -0.25) is 0 Å². The lowest BCUT2D eigenvalue weighted by atomic mass is 10.2. The summed E-state index contributed by atoms with van der Waals surface area (Å²) < 4.78 is 0. The van der Waals surface area contributed by atoms with Gasteiger partial charge in [0.1, 0.15) is 0 Å². The fraction of sp³-hybridized carbons (Fsp3) is 0.333. The summed E-state index contributed by atoms with van der Waals surface area (Å²) in [6.45, 7) is 11.8. The first-order valence-corrected chi connectivity index (χ1v) is 3.22. The molecule has 0 aliphatic heterocycles. The quantitative estimate of drug-likeness (QED) is 0.471. The van der Waals surface area contributed by atoms with Gasteiger partial charge in [-0.05, 0) is 13.3 Å². The molecule has 1 nitrogen and oxygen atoms in total. The van der Waals surface area contributed by atoms with E-state index in [0.717, 1.165) is 5.57 Å². The van der Waals surface area contributed by atoms with Crippen LogP contribution in [0.3, 0.4) is 0 Å². The Morgan fingerprint density at radius 1 is 1.50 bits per heavy atom. The monoisotopic (exact) mass is 140 g/mol. The Morgan fingerprint density at radius 2 is 2.00 bits per heavy atom. The molecule has 0 aliphatic rings. The largest absolute Gasteiger partial charge is 0.396 e. The minimum atomic E-state index is 0.198. The second-order valence-corrected chi connectivity index (χ2v) is 1.63. The number of aliphatic hydroxyl groups excluding tert-OH is 1. The summed E-state index contributed by atoms with van der Waals surface area (Å²) in [5.41, 5.74) is 0.981. The highest BCUT2D eigenvalue weighted by Gasteiger charge is 1.82. The van der Waals surface area contributed by atoms with E-state index < -0.39 is 0 Å². The zero-order chi connectivity index (χ0) is 8.41. The third kappa shape index (κ3) is 10.2. The Hall–Kier alpha value is -0.820. The van der Waals surface area contributed by atoms with Crippen LogP contribution < -0.4 is 0 Å². The molecule has 58 valence electrons. The molecule has 10 heavy (non-hydrogen) atoms. The van der Waals surface area contributed by atoms with Crippen LogP contribution in [0.15, 0.2) is 37.5 Å². The van der Waals surface area contributed by atoms with Crippen molar-refractivity contribution >= 4 is 0 Å². The summed E-state index contributed by atoms with van der Waals surface area (Å²) in [5, 5.41) is 8.37. The highest BCUT2D eigenvalue weighted by atomic mass is 16.2. The maximum atomic E-state index is 8.37. The van der Waals surface area contributed by atoms with Crippen LogP contribution in [0.4, 0.5) is 0 Å². The van der Waals surface area contributed by atoms with Crippen molar-refractivity contribution in [1.82, 2.24) is 0 Å².